The van der Waals surface area contributed by atoms with Crippen LogP contribution in [0.2, 0.25) is 0 Å². The van der Waals surface area contributed by atoms with E-state index >= 15 is 0 Å². The summed E-state index contributed by atoms with van der Waals surface area (Å²) in [4.78, 5) is 11.1. The predicted octanol–water partition coefficient (Wildman–Crippen LogP) is 1.94. The normalized spacial score (nSPS) is 11.4. The smallest absolute Gasteiger partial charge is 0.286 e. The molecule has 0 saturated carbocycles. The van der Waals surface area contributed by atoms with Crippen LogP contribution < -0.4 is 5.32 Å². The van der Waals surface area contributed by atoms with E-state index in [0.29, 0.717) is 5.76 Å². The van der Waals surface area contributed by atoms with Crippen LogP contribution in [0.15, 0.2) is 16.7 Å². The molecule has 0 spiro atoms. The molecule has 1 aromatic heterocycles. The Balaban J connectivity index is 2.93. The quantitative estimate of drug-likeness (QED) is 0.719. The molecule has 1 amide bonds. The monoisotopic (exact) mass is 181 g/mol. The molecule has 1 N–H and O–H groups in total. The van der Waals surface area contributed by atoms with Gasteiger partial charge in [-0.2, -0.15) is 0 Å². The fourth-order valence-corrected chi connectivity index (χ4v) is 0.972. The molecule has 0 unspecified atom stereocenters. The summed E-state index contributed by atoms with van der Waals surface area (Å²) in [6.45, 7) is 6.22. The first-order chi connectivity index (χ1) is 5.95. The van der Waals surface area contributed by atoms with E-state index in [-0.39, 0.29) is 11.3 Å². The number of amides is 1. The predicted molar refractivity (Wildman–Crippen MR) is 50.8 cm³/mol. The number of rotatable bonds is 1. The van der Waals surface area contributed by atoms with Crippen LogP contribution in [0.3, 0.4) is 0 Å². The van der Waals surface area contributed by atoms with Crippen molar-refractivity contribution in [3.05, 3.63) is 23.7 Å². The zero-order valence-electron chi connectivity index (χ0n) is 8.47. The Morgan fingerprint density at radius 3 is 2.46 bits per heavy atom. The molecule has 0 saturated heterocycles. The van der Waals surface area contributed by atoms with Crippen molar-refractivity contribution in [1.82, 2.24) is 5.32 Å². The van der Waals surface area contributed by atoms with E-state index in [4.69, 9.17) is 4.42 Å². The van der Waals surface area contributed by atoms with Gasteiger partial charge in [-0.1, -0.05) is 20.8 Å². The minimum absolute atomic E-state index is 0.0236. The molecule has 0 aliphatic carbocycles. The molecule has 1 rings (SSSR count). The van der Waals surface area contributed by atoms with Crippen molar-refractivity contribution < 1.29 is 9.21 Å². The lowest BCUT2D eigenvalue weighted by Gasteiger charge is -2.14. The number of nitrogens with one attached hydrogen (secondary N) is 1. The van der Waals surface area contributed by atoms with Crippen LogP contribution in [-0.4, -0.2) is 13.0 Å². The summed E-state index contributed by atoms with van der Waals surface area (Å²) in [5.74, 6) is 0.183. The molecule has 1 heterocycles. The molecule has 0 fully saturated rings. The van der Waals surface area contributed by atoms with Gasteiger partial charge < -0.3 is 9.73 Å². The fraction of sp³-hybridized carbons (Fsp3) is 0.500. The van der Waals surface area contributed by atoms with Gasteiger partial charge >= 0.3 is 0 Å². The molecule has 72 valence electrons. The molecule has 0 aromatic carbocycles. The zero-order valence-corrected chi connectivity index (χ0v) is 8.47. The lowest BCUT2D eigenvalue weighted by atomic mass is 9.89. The van der Waals surface area contributed by atoms with Gasteiger partial charge in [-0.3, -0.25) is 4.79 Å². The minimum atomic E-state index is -0.185. The number of furan rings is 1. The van der Waals surface area contributed by atoms with E-state index < -0.39 is 0 Å². The van der Waals surface area contributed by atoms with Crippen LogP contribution in [0.25, 0.3) is 0 Å². The van der Waals surface area contributed by atoms with Crippen LogP contribution in [0, 0.1) is 0 Å². The molecular weight excluding hydrogens is 166 g/mol. The summed E-state index contributed by atoms with van der Waals surface area (Å²) >= 11 is 0. The van der Waals surface area contributed by atoms with Gasteiger partial charge in [0.1, 0.15) is 0 Å². The first-order valence-corrected chi connectivity index (χ1v) is 4.26. The van der Waals surface area contributed by atoms with Crippen molar-refractivity contribution in [1.29, 1.82) is 0 Å². The molecule has 0 atom stereocenters. The summed E-state index contributed by atoms with van der Waals surface area (Å²) in [6, 6.07) is 1.78. The minimum Gasteiger partial charge on any atom is -0.459 e. The SMILES string of the molecule is CNC(=O)c1cc(C(C)(C)C)co1. The Bertz CT molecular complexity index is 307. The van der Waals surface area contributed by atoms with Gasteiger partial charge in [0.05, 0.1) is 6.26 Å². The Morgan fingerprint density at radius 1 is 1.46 bits per heavy atom. The Hall–Kier alpha value is -1.25. The molecule has 3 heteroatoms. The van der Waals surface area contributed by atoms with Gasteiger partial charge in [-0.15, -0.1) is 0 Å². The van der Waals surface area contributed by atoms with E-state index in [1.54, 1.807) is 19.4 Å². The third kappa shape index (κ3) is 2.11. The highest BCUT2D eigenvalue weighted by Gasteiger charge is 2.18. The highest BCUT2D eigenvalue weighted by atomic mass is 16.3. The summed E-state index contributed by atoms with van der Waals surface area (Å²) in [5, 5.41) is 2.51. The van der Waals surface area contributed by atoms with Crippen molar-refractivity contribution in [3.8, 4) is 0 Å². The van der Waals surface area contributed by atoms with Crippen LogP contribution in [0.1, 0.15) is 36.9 Å². The molecule has 3 nitrogen and oxygen atoms in total. The van der Waals surface area contributed by atoms with Crippen molar-refractivity contribution in [3.63, 3.8) is 0 Å². The maximum atomic E-state index is 11.1. The molecule has 1 aromatic rings. The Labute approximate surface area is 78.1 Å². The number of hydrogen-bond acceptors (Lipinski definition) is 2. The highest BCUT2D eigenvalue weighted by Crippen LogP contribution is 2.23. The largest absolute Gasteiger partial charge is 0.459 e. The van der Waals surface area contributed by atoms with Crippen molar-refractivity contribution in [2.45, 2.75) is 26.2 Å². The lowest BCUT2D eigenvalue weighted by Crippen LogP contribution is -2.17. The van der Waals surface area contributed by atoms with Crippen molar-refractivity contribution in [2.24, 2.45) is 0 Å². The van der Waals surface area contributed by atoms with Gasteiger partial charge in [0.25, 0.3) is 5.91 Å². The van der Waals surface area contributed by atoms with Crippen LogP contribution in [0.4, 0.5) is 0 Å². The van der Waals surface area contributed by atoms with Crippen LogP contribution in [-0.2, 0) is 5.41 Å². The lowest BCUT2D eigenvalue weighted by molar-refractivity contribution is 0.0935. The van der Waals surface area contributed by atoms with Gasteiger partial charge in [0.2, 0.25) is 0 Å². The number of carbonyl (C=O) groups excluding carboxylic acids is 1. The molecule has 0 bridgehead atoms. The topological polar surface area (TPSA) is 42.2 Å². The first kappa shape index (κ1) is 9.84. The summed E-state index contributed by atoms with van der Waals surface area (Å²) < 4.78 is 5.13. The molecule has 0 aliphatic heterocycles. The first-order valence-electron chi connectivity index (χ1n) is 4.26. The van der Waals surface area contributed by atoms with Crippen molar-refractivity contribution in [2.75, 3.05) is 7.05 Å². The van der Waals surface area contributed by atoms with Gasteiger partial charge in [0.15, 0.2) is 5.76 Å². The van der Waals surface area contributed by atoms with Gasteiger partial charge in [-0.05, 0) is 17.0 Å². The van der Waals surface area contributed by atoms with Crippen LogP contribution >= 0.6 is 0 Å². The highest BCUT2D eigenvalue weighted by molar-refractivity contribution is 5.91. The second-order valence-corrected chi connectivity index (χ2v) is 4.03. The van der Waals surface area contributed by atoms with Crippen molar-refractivity contribution >= 4 is 5.91 Å². The Kier molecular flexibility index (Phi) is 2.45. The van der Waals surface area contributed by atoms with Gasteiger partial charge in [-0.25, -0.2) is 0 Å². The summed E-state index contributed by atoms with van der Waals surface area (Å²) in [5.41, 5.74) is 1.06. The zero-order chi connectivity index (χ0) is 10.1. The number of hydrogen-bond donors (Lipinski definition) is 1. The molecular formula is C10H15NO2. The van der Waals surface area contributed by atoms with E-state index in [1.807, 2.05) is 0 Å². The van der Waals surface area contributed by atoms with Crippen LogP contribution in [0.5, 0.6) is 0 Å². The second-order valence-electron chi connectivity index (χ2n) is 4.03. The second kappa shape index (κ2) is 3.24. The van der Waals surface area contributed by atoms with E-state index in [2.05, 4.69) is 26.1 Å². The third-order valence-corrected chi connectivity index (χ3v) is 1.92. The Morgan fingerprint density at radius 2 is 2.08 bits per heavy atom. The maximum absolute atomic E-state index is 11.1. The molecule has 13 heavy (non-hydrogen) atoms. The van der Waals surface area contributed by atoms with E-state index in [1.165, 1.54) is 0 Å². The maximum Gasteiger partial charge on any atom is 0.286 e. The third-order valence-electron chi connectivity index (χ3n) is 1.92. The molecule has 0 aliphatic rings. The molecule has 0 radical (unpaired) electrons. The fourth-order valence-electron chi connectivity index (χ4n) is 0.972. The number of carbonyl (C=O) groups is 1. The summed E-state index contributed by atoms with van der Waals surface area (Å²) in [6.07, 6.45) is 1.63. The summed E-state index contributed by atoms with van der Waals surface area (Å²) in [7, 11) is 1.58. The average molecular weight is 181 g/mol. The van der Waals surface area contributed by atoms with E-state index in [9.17, 15) is 4.79 Å². The average Bonchev–Trinajstić information content (AvgIpc) is 2.50. The standard InChI is InChI=1S/C10H15NO2/c1-10(2,3)7-5-8(13-6-7)9(12)11-4/h5-6H,1-4H3,(H,11,12). The van der Waals surface area contributed by atoms with E-state index in [0.717, 1.165) is 5.56 Å². The van der Waals surface area contributed by atoms with Gasteiger partial charge in [0, 0.05) is 7.05 Å².